The van der Waals surface area contributed by atoms with Gasteiger partial charge in [-0.15, -0.1) is 0 Å². The van der Waals surface area contributed by atoms with Crippen LogP contribution >= 0.6 is 0 Å². The van der Waals surface area contributed by atoms with E-state index in [4.69, 9.17) is 5.26 Å². The van der Waals surface area contributed by atoms with Crippen molar-refractivity contribution in [1.82, 2.24) is 4.98 Å². The maximum Gasteiger partial charge on any atom is 0.0651 e. The number of benzene rings is 1. The van der Waals surface area contributed by atoms with Crippen LogP contribution in [0.1, 0.15) is 18.5 Å². The number of nitriles is 1. The highest BCUT2D eigenvalue weighted by atomic mass is 15.1. The van der Waals surface area contributed by atoms with E-state index in [1.165, 1.54) is 22.3 Å². The SMILES string of the molecule is Cc1[nH]c2ccccc2c1N(C)CCCC#N. The molecule has 0 radical (unpaired) electrons. The summed E-state index contributed by atoms with van der Waals surface area (Å²) in [6, 6.07) is 10.5. The van der Waals surface area contributed by atoms with Crippen molar-refractivity contribution < 1.29 is 0 Å². The molecule has 0 aliphatic carbocycles. The normalized spacial score (nSPS) is 10.4. The smallest absolute Gasteiger partial charge is 0.0651 e. The first-order valence-corrected chi connectivity index (χ1v) is 5.89. The van der Waals surface area contributed by atoms with Gasteiger partial charge >= 0.3 is 0 Å². The molecule has 0 atom stereocenters. The maximum atomic E-state index is 8.56. The van der Waals surface area contributed by atoms with Crippen LogP contribution in [0.4, 0.5) is 5.69 Å². The summed E-state index contributed by atoms with van der Waals surface area (Å²) in [6.45, 7) is 3.01. The fourth-order valence-electron chi connectivity index (χ4n) is 2.26. The predicted molar refractivity (Wildman–Crippen MR) is 71.2 cm³/mol. The van der Waals surface area contributed by atoms with E-state index in [1.54, 1.807) is 0 Å². The summed E-state index contributed by atoms with van der Waals surface area (Å²) in [5.41, 5.74) is 3.61. The Kier molecular flexibility index (Phi) is 3.34. The van der Waals surface area contributed by atoms with Gasteiger partial charge in [0.1, 0.15) is 0 Å². The number of fused-ring (bicyclic) bond motifs is 1. The molecule has 1 N–H and O–H groups in total. The molecule has 1 aromatic carbocycles. The van der Waals surface area contributed by atoms with E-state index in [0.29, 0.717) is 6.42 Å². The van der Waals surface area contributed by atoms with E-state index in [1.807, 2.05) is 6.07 Å². The van der Waals surface area contributed by atoms with Crippen LogP contribution in [0.25, 0.3) is 10.9 Å². The van der Waals surface area contributed by atoms with Gasteiger partial charge in [0.05, 0.1) is 11.8 Å². The molecule has 3 nitrogen and oxygen atoms in total. The zero-order valence-corrected chi connectivity index (χ0v) is 10.3. The van der Waals surface area contributed by atoms with Crippen LogP contribution in [-0.4, -0.2) is 18.6 Å². The van der Waals surface area contributed by atoms with E-state index < -0.39 is 0 Å². The molecule has 3 heteroatoms. The summed E-state index contributed by atoms with van der Waals surface area (Å²) in [7, 11) is 2.08. The lowest BCUT2D eigenvalue weighted by atomic mass is 10.2. The van der Waals surface area contributed by atoms with E-state index in [9.17, 15) is 0 Å². The molecule has 0 saturated heterocycles. The number of rotatable bonds is 4. The van der Waals surface area contributed by atoms with Crippen LogP contribution < -0.4 is 4.90 Å². The van der Waals surface area contributed by atoms with Crippen LogP contribution in [0.2, 0.25) is 0 Å². The molecular formula is C14H17N3. The van der Waals surface area contributed by atoms with Gasteiger partial charge in [-0.2, -0.15) is 5.26 Å². The van der Waals surface area contributed by atoms with Gasteiger partial charge in [-0.25, -0.2) is 0 Å². The lowest BCUT2D eigenvalue weighted by Gasteiger charge is -2.19. The molecule has 0 amide bonds. The number of hydrogen-bond acceptors (Lipinski definition) is 2. The Morgan fingerprint density at radius 2 is 2.12 bits per heavy atom. The lowest BCUT2D eigenvalue weighted by molar-refractivity contribution is 0.806. The fourth-order valence-corrected chi connectivity index (χ4v) is 2.26. The van der Waals surface area contributed by atoms with Crippen molar-refractivity contribution >= 4 is 16.6 Å². The molecule has 0 spiro atoms. The highest BCUT2D eigenvalue weighted by Crippen LogP contribution is 2.29. The quantitative estimate of drug-likeness (QED) is 0.815. The van der Waals surface area contributed by atoms with Crippen molar-refractivity contribution in [2.75, 3.05) is 18.5 Å². The Morgan fingerprint density at radius 1 is 1.35 bits per heavy atom. The monoisotopic (exact) mass is 227 g/mol. The largest absolute Gasteiger partial charge is 0.373 e. The first-order valence-electron chi connectivity index (χ1n) is 5.89. The van der Waals surface area contributed by atoms with Gasteiger partial charge in [0.15, 0.2) is 0 Å². The number of unbranched alkanes of at least 4 members (excludes halogenated alkanes) is 1. The first kappa shape index (κ1) is 11.5. The van der Waals surface area contributed by atoms with Crippen molar-refractivity contribution in [2.45, 2.75) is 19.8 Å². The van der Waals surface area contributed by atoms with Crippen molar-refractivity contribution in [1.29, 1.82) is 5.26 Å². The zero-order valence-electron chi connectivity index (χ0n) is 10.3. The summed E-state index contributed by atoms with van der Waals surface area (Å²) in [6.07, 6.45) is 1.53. The fraction of sp³-hybridized carbons (Fsp3) is 0.357. The van der Waals surface area contributed by atoms with Gasteiger partial charge in [-0.3, -0.25) is 0 Å². The number of nitrogens with zero attached hydrogens (tertiary/aromatic N) is 2. The Bertz CT molecular complexity index is 548. The Morgan fingerprint density at radius 3 is 2.88 bits per heavy atom. The standard InChI is InChI=1S/C14H17N3/c1-11-14(17(2)10-6-5-9-15)12-7-3-4-8-13(12)16-11/h3-4,7-8,16H,5-6,10H2,1-2H3. The number of nitrogens with one attached hydrogen (secondary N) is 1. The Hall–Kier alpha value is -1.95. The Labute approximate surface area is 102 Å². The van der Waals surface area contributed by atoms with Gasteiger partial charge in [0, 0.05) is 36.6 Å². The van der Waals surface area contributed by atoms with Crippen LogP contribution in [0.5, 0.6) is 0 Å². The molecule has 17 heavy (non-hydrogen) atoms. The van der Waals surface area contributed by atoms with E-state index in [-0.39, 0.29) is 0 Å². The maximum absolute atomic E-state index is 8.56. The van der Waals surface area contributed by atoms with Crippen LogP contribution in [0.3, 0.4) is 0 Å². The zero-order chi connectivity index (χ0) is 12.3. The summed E-state index contributed by atoms with van der Waals surface area (Å²) >= 11 is 0. The minimum Gasteiger partial charge on any atom is -0.373 e. The summed E-state index contributed by atoms with van der Waals surface area (Å²) < 4.78 is 0. The molecule has 1 aromatic heterocycles. The van der Waals surface area contributed by atoms with Crippen molar-refractivity contribution in [3.05, 3.63) is 30.0 Å². The van der Waals surface area contributed by atoms with E-state index in [2.05, 4.69) is 48.1 Å². The van der Waals surface area contributed by atoms with Crippen LogP contribution in [-0.2, 0) is 0 Å². The molecule has 1 heterocycles. The predicted octanol–water partition coefficient (Wildman–Crippen LogP) is 3.22. The minimum atomic E-state index is 0.617. The van der Waals surface area contributed by atoms with Crippen LogP contribution in [0.15, 0.2) is 24.3 Å². The molecule has 0 fully saturated rings. The molecule has 88 valence electrons. The second-order valence-electron chi connectivity index (χ2n) is 4.33. The molecule has 0 bridgehead atoms. The third kappa shape index (κ3) is 2.26. The minimum absolute atomic E-state index is 0.617. The highest BCUT2D eigenvalue weighted by molar-refractivity contribution is 5.94. The van der Waals surface area contributed by atoms with Crippen molar-refractivity contribution in [3.63, 3.8) is 0 Å². The number of aromatic nitrogens is 1. The van der Waals surface area contributed by atoms with Gasteiger partial charge in [0.25, 0.3) is 0 Å². The molecule has 2 rings (SSSR count). The highest BCUT2D eigenvalue weighted by Gasteiger charge is 2.11. The van der Waals surface area contributed by atoms with Gasteiger partial charge in [-0.05, 0) is 19.4 Å². The molecule has 0 aliphatic heterocycles. The number of anilines is 1. The van der Waals surface area contributed by atoms with Crippen molar-refractivity contribution in [3.8, 4) is 6.07 Å². The summed E-state index contributed by atoms with van der Waals surface area (Å²) in [4.78, 5) is 5.62. The molecule has 0 saturated carbocycles. The second-order valence-corrected chi connectivity index (χ2v) is 4.33. The molecule has 2 aromatic rings. The van der Waals surface area contributed by atoms with Crippen LogP contribution in [0, 0.1) is 18.3 Å². The van der Waals surface area contributed by atoms with E-state index in [0.717, 1.165) is 13.0 Å². The third-order valence-electron chi connectivity index (χ3n) is 3.02. The molecule has 0 unspecified atom stereocenters. The average molecular weight is 227 g/mol. The lowest BCUT2D eigenvalue weighted by Crippen LogP contribution is -2.18. The summed E-state index contributed by atoms with van der Waals surface area (Å²) in [5.74, 6) is 0. The molecular weight excluding hydrogens is 210 g/mol. The first-order chi connectivity index (χ1) is 8.24. The molecule has 0 aliphatic rings. The van der Waals surface area contributed by atoms with Gasteiger partial charge in [0.2, 0.25) is 0 Å². The van der Waals surface area contributed by atoms with Gasteiger partial charge in [-0.1, -0.05) is 18.2 Å². The number of para-hydroxylation sites is 1. The number of aromatic amines is 1. The van der Waals surface area contributed by atoms with E-state index >= 15 is 0 Å². The second kappa shape index (κ2) is 4.92. The number of aryl methyl sites for hydroxylation is 1. The average Bonchev–Trinajstić information content (AvgIpc) is 2.65. The van der Waals surface area contributed by atoms with Gasteiger partial charge < -0.3 is 9.88 Å². The summed E-state index contributed by atoms with van der Waals surface area (Å²) in [5, 5.41) is 9.82. The number of hydrogen-bond donors (Lipinski definition) is 1. The topological polar surface area (TPSA) is 42.8 Å². The Balaban J connectivity index is 2.28. The third-order valence-corrected chi connectivity index (χ3v) is 3.02. The number of H-pyrrole nitrogens is 1. The van der Waals surface area contributed by atoms with Crippen molar-refractivity contribution in [2.24, 2.45) is 0 Å².